The SMILES string of the molecule is COc1ccc2nc3ccc(Nc4cccc(Sc5ccc(C(F)(F)F)cc5)c4CNCCN4CCN(C)CC4)cc3cc2c1. The first-order chi connectivity index (χ1) is 21.7. The Morgan fingerprint density at radius 2 is 1.60 bits per heavy atom. The lowest BCUT2D eigenvalue weighted by molar-refractivity contribution is -0.137. The second-order valence-corrected chi connectivity index (χ2v) is 12.4. The minimum atomic E-state index is -4.36. The maximum atomic E-state index is 13.2. The van der Waals surface area contributed by atoms with E-state index in [2.05, 4.69) is 39.6 Å². The number of aromatic nitrogens is 1. The summed E-state index contributed by atoms with van der Waals surface area (Å²) in [6, 6.07) is 25.5. The lowest BCUT2D eigenvalue weighted by Crippen LogP contribution is -2.46. The predicted octanol–water partition coefficient (Wildman–Crippen LogP) is 7.65. The number of fused-ring (bicyclic) bond motifs is 2. The van der Waals surface area contributed by atoms with Crippen LogP contribution < -0.4 is 15.4 Å². The van der Waals surface area contributed by atoms with Crippen molar-refractivity contribution in [3.8, 4) is 5.75 Å². The van der Waals surface area contributed by atoms with E-state index in [1.165, 1.54) is 23.9 Å². The summed E-state index contributed by atoms with van der Waals surface area (Å²) in [5.74, 6) is 0.782. The average Bonchev–Trinajstić information content (AvgIpc) is 3.03. The number of piperazine rings is 1. The molecule has 0 atom stereocenters. The molecule has 4 aromatic carbocycles. The Morgan fingerprint density at radius 1 is 0.867 bits per heavy atom. The minimum Gasteiger partial charge on any atom is -0.497 e. The van der Waals surface area contributed by atoms with Crippen LogP contribution in [0.15, 0.2) is 94.7 Å². The molecule has 2 N–H and O–H groups in total. The van der Waals surface area contributed by atoms with Crippen molar-refractivity contribution in [1.29, 1.82) is 0 Å². The number of pyridine rings is 1. The van der Waals surface area contributed by atoms with Gasteiger partial charge in [0.05, 0.1) is 23.7 Å². The molecule has 6 nitrogen and oxygen atoms in total. The predicted molar refractivity (Wildman–Crippen MR) is 177 cm³/mol. The van der Waals surface area contributed by atoms with E-state index >= 15 is 0 Å². The molecule has 0 bridgehead atoms. The van der Waals surface area contributed by atoms with Crippen LogP contribution in [0.4, 0.5) is 24.5 Å². The number of benzene rings is 4. The topological polar surface area (TPSA) is 52.7 Å². The first kappa shape index (κ1) is 31.2. The zero-order chi connectivity index (χ0) is 31.4. The van der Waals surface area contributed by atoms with Gasteiger partial charge in [0.25, 0.3) is 0 Å². The Bertz CT molecular complexity index is 1770. The highest BCUT2D eigenvalue weighted by molar-refractivity contribution is 7.99. The van der Waals surface area contributed by atoms with Crippen LogP contribution in [-0.4, -0.2) is 68.2 Å². The number of hydrogen-bond acceptors (Lipinski definition) is 7. The zero-order valence-electron chi connectivity index (χ0n) is 25.3. The second-order valence-electron chi connectivity index (χ2n) is 11.3. The van der Waals surface area contributed by atoms with Crippen LogP contribution in [0.2, 0.25) is 0 Å². The van der Waals surface area contributed by atoms with E-state index in [-0.39, 0.29) is 0 Å². The number of rotatable bonds is 10. The standard InChI is InChI=1S/C35H36F3N5OS/c1-42-16-18-43(19-17-42)15-14-39-23-30-33(4-3-5-34(30)45-29-10-6-26(7-11-29)35(36,37)38)40-27-8-12-31-24(21-27)20-25-22-28(44-2)9-13-32(25)41-31/h3-13,20-22,39-40H,14-19,23H2,1-2H3. The van der Waals surface area contributed by atoms with Gasteiger partial charge in [-0.05, 0) is 85.9 Å². The molecule has 0 aliphatic carbocycles. The van der Waals surface area contributed by atoms with Crippen molar-refractivity contribution in [2.45, 2.75) is 22.5 Å². The molecule has 5 aromatic rings. The second kappa shape index (κ2) is 13.7. The van der Waals surface area contributed by atoms with Crippen molar-refractivity contribution in [2.75, 3.05) is 58.7 Å². The molecule has 10 heteroatoms. The number of ether oxygens (including phenoxy) is 1. The van der Waals surface area contributed by atoms with E-state index in [1.807, 2.05) is 48.5 Å². The van der Waals surface area contributed by atoms with Crippen molar-refractivity contribution >= 4 is 44.9 Å². The van der Waals surface area contributed by atoms with E-state index in [1.54, 1.807) is 7.11 Å². The molecule has 0 saturated carbocycles. The van der Waals surface area contributed by atoms with E-state index in [0.717, 1.165) is 106 Å². The number of anilines is 2. The van der Waals surface area contributed by atoms with Crippen molar-refractivity contribution in [1.82, 2.24) is 20.1 Å². The van der Waals surface area contributed by atoms with Gasteiger partial charge in [-0.1, -0.05) is 17.8 Å². The lowest BCUT2D eigenvalue weighted by Gasteiger charge is -2.32. The molecule has 1 saturated heterocycles. The maximum Gasteiger partial charge on any atom is 0.416 e. The molecular formula is C35H36F3N5OS. The van der Waals surface area contributed by atoms with Gasteiger partial charge >= 0.3 is 6.18 Å². The van der Waals surface area contributed by atoms with Crippen molar-refractivity contribution in [3.05, 3.63) is 96.1 Å². The number of halogens is 3. The summed E-state index contributed by atoms with van der Waals surface area (Å²) < 4.78 is 44.9. The first-order valence-corrected chi connectivity index (χ1v) is 15.8. The highest BCUT2D eigenvalue weighted by Gasteiger charge is 2.30. The summed E-state index contributed by atoms with van der Waals surface area (Å²) >= 11 is 1.47. The highest BCUT2D eigenvalue weighted by atomic mass is 32.2. The summed E-state index contributed by atoms with van der Waals surface area (Å²) in [7, 11) is 3.81. The Morgan fingerprint density at radius 3 is 2.33 bits per heavy atom. The maximum absolute atomic E-state index is 13.2. The summed E-state index contributed by atoms with van der Waals surface area (Å²) in [6.07, 6.45) is -4.36. The summed E-state index contributed by atoms with van der Waals surface area (Å²) in [5, 5.41) is 9.24. The van der Waals surface area contributed by atoms with Gasteiger partial charge in [0.15, 0.2) is 0 Å². The van der Waals surface area contributed by atoms with Gasteiger partial charge in [0.1, 0.15) is 5.75 Å². The van der Waals surface area contributed by atoms with E-state index < -0.39 is 11.7 Å². The van der Waals surface area contributed by atoms with Crippen LogP contribution in [0.5, 0.6) is 5.75 Å². The van der Waals surface area contributed by atoms with Gasteiger partial charge in [-0.15, -0.1) is 0 Å². The van der Waals surface area contributed by atoms with Crippen molar-refractivity contribution in [2.24, 2.45) is 0 Å². The normalized spacial score (nSPS) is 14.7. The highest BCUT2D eigenvalue weighted by Crippen LogP contribution is 2.37. The van der Waals surface area contributed by atoms with Crippen molar-refractivity contribution in [3.63, 3.8) is 0 Å². The molecule has 1 fully saturated rings. The van der Waals surface area contributed by atoms with Crippen LogP contribution in [0.25, 0.3) is 21.8 Å². The number of likely N-dealkylation sites (N-methyl/N-ethyl adjacent to an activating group) is 1. The molecule has 1 aliphatic rings. The molecule has 1 aliphatic heterocycles. The van der Waals surface area contributed by atoms with Crippen LogP contribution in [0.1, 0.15) is 11.1 Å². The van der Waals surface area contributed by atoms with Gasteiger partial charge in [-0.25, -0.2) is 4.98 Å². The molecule has 0 amide bonds. The summed E-state index contributed by atoms with van der Waals surface area (Å²) in [6.45, 7) is 6.67. The van der Waals surface area contributed by atoms with E-state index in [4.69, 9.17) is 9.72 Å². The number of hydrogen-bond donors (Lipinski definition) is 2. The first-order valence-electron chi connectivity index (χ1n) is 15.0. The number of methoxy groups -OCH3 is 1. The van der Waals surface area contributed by atoms with E-state index in [9.17, 15) is 13.2 Å². The van der Waals surface area contributed by atoms with E-state index in [0.29, 0.717) is 6.54 Å². The third-order valence-corrected chi connectivity index (χ3v) is 9.25. The van der Waals surface area contributed by atoms with Gasteiger partial charge in [0.2, 0.25) is 0 Å². The number of alkyl halides is 3. The summed E-state index contributed by atoms with van der Waals surface area (Å²) in [4.78, 5) is 11.4. The Hall–Kier alpha value is -3.83. The quantitative estimate of drug-likeness (QED) is 0.121. The largest absolute Gasteiger partial charge is 0.497 e. The molecule has 0 spiro atoms. The van der Waals surface area contributed by atoms with Crippen LogP contribution >= 0.6 is 11.8 Å². The lowest BCUT2D eigenvalue weighted by atomic mass is 10.1. The zero-order valence-corrected chi connectivity index (χ0v) is 26.1. The molecular weight excluding hydrogens is 595 g/mol. The molecule has 6 rings (SSSR count). The summed E-state index contributed by atoms with van der Waals surface area (Å²) in [5.41, 5.74) is 4.07. The molecule has 1 aromatic heterocycles. The molecule has 234 valence electrons. The fourth-order valence-corrected chi connectivity index (χ4v) is 6.48. The fraction of sp³-hybridized carbons (Fsp3) is 0.286. The van der Waals surface area contributed by atoms with Crippen LogP contribution in [0, 0.1) is 0 Å². The molecule has 0 unspecified atom stereocenters. The number of nitrogens with one attached hydrogen (secondary N) is 2. The minimum absolute atomic E-state index is 0.611. The Balaban J connectivity index is 1.25. The van der Waals surface area contributed by atoms with Gasteiger partial charge in [-0.3, -0.25) is 4.90 Å². The monoisotopic (exact) mass is 631 g/mol. The fourth-order valence-electron chi connectivity index (χ4n) is 5.50. The van der Waals surface area contributed by atoms with Crippen molar-refractivity contribution < 1.29 is 17.9 Å². The number of nitrogens with zero attached hydrogens (tertiary/aromatic N) is 3. The molecule has 45 heavy (non-hydrogen) atoms. The third kappa shape index (κ3) is 7.70. The van der Waals surface area contributed by atoms with Crippen LogP contribution in [-0.2, 0) is 12.7 Å². The van der Waals surface area contributed by atoms with Gasteiger partial charge in [-0.2, -0.15) is 13.2 Å². The Kier molecular flexibility index (Phi) is 9.46. The smallest absolute Gasteiger partial charge is 0.416 e. The Labute approximate surface area is 265 Å². The van der Waals surface area contributed by atoms with Gasteiger partial charge in [0, 0.05) is 83.3 Å². The molecule has 0 radical (unpaired) electrons. The third-order valence-electron chi connectivity index (χ3n) is 8.14. The average molecular weight is 632 g/mol. The van der Waals surface area contributed by atoms with Gasteiger partial charge < -0.3 is 20.3 Å². The van der Waals surface area contributed by atoms with Crippen LogP contribution in [0.3, 0.4) is 0 Å². The molecule has 2 heterocycles.